The molecule has 0 spiro atoms. The Hall–Kier alpha value is -1.84. The van der Waals surface area contributed by atoms with Crippen LogP contribution in [0.1, 0.15) is 22.5 Å². The topological polar surface area (TPSA) is 53.6 Å². The number of nitrogens with zero attached hydrogens (tertiary/aromatic N) is 2. The van der Waals surface area contributed by atoms with Crippen LogP contribution in [0.15, 0.2) is 18.3 Å². The molecule has 0 aliphatic rings. The van der Waals surface area contributed by atoms with Crippen LogP contribution in [0.25, 0.3) is 0 Å². The Kier molecular flexibility index (Phi) is 2.90. The molecular formula is C12H16N4. The molecular weight excluding hydrogens is 200 g/mol. The van der Waals surface area contributed by atoms with Gasteiger partial charge < -0.3 is 5.32 Å². The molecule has 2 heterocycles. The van der Waals surface area contributed by atoms with Gasteiger partial charge in [0, 0.05) is 24.0 Å². The first-order valence-corrected chi connectivity index (χ1v) is 5.34. The number of hydrogen-bond donors (Lipinski definition) is 2. The van der Waals surface area contributed by atoms with E-state index in [2.05, 4.69) is 20.5 Å². The van der Waals surface area contributed by atoms with E-state index in [1.54, 1.807) is 0 Å². The van der Waals surface area contributed by atoms with Gasteiger partial charge in [-0.3, -0.25) is 5.10 Å². The molecule has 0 aliphatic carbocycles. The monoisotopic (exact) mass is 216 g/mol. The molecule has 0 saturated heterocycles. The number of hydrogen-bond acceptors (Lipinski definition) is 3. The number of rotatable bonds is 3. The highest BCUT2D eigenvalue weighted by molar-refractivity contribution is 5.37. The van der Waals surface area contributed by atoms with Crippen LogP contribution in [-0.4, -0.2) is 15.2 Å². The Labute approximate surface area is 95.1 Å². The number of nitrogens with one attached hydrogen (secondary N) is 2. The molecule has 2 N–H and O–H groups in total. The molecule has 16 heavy (non-hydrogen) atoms. The lowest BCUT2D eigenvalue weighted by Gasteiger charge is -2.05. The summed E-state index contributed by atoms with van der Waals surface area (Å²) in [6.07, 6.45) is 1.86. The Bertz CT molecular complexity index is 451. The highest BCUT2D eigenvalue weighted by Gasteiger charge is 2.05. The molecule has 2 rings (SSSR count). The zero-order valence-corrected chi connectivity index (χ0v) is 9.83. The fourth-order valence-corrected chi connectivity index (χ4v) is 1.59. The second kappa shape index (κ2) is 4.35. The van der Waals surface area contributed by atoms with E-state index in [0.717, 1.165) is 23.8 Å². The molecule has 0 fully saturated rings. The van der Waals surface area contributed by atoms with Gasteiger partial charge >= 0.3 is 0 Å². The van der Waals surface area contributed by atoms with E-state index in [1.807, 2.05) is 39.1 Å². The molecule has 0 radical (unpaired) electrons. The number of anilines is 1. The lowest BCUT2D eigenvalue weighted by Crippen LogP contribution is -2.02. The Morgan fingerprint density at radius 1 is 1.25 bits per heavy atom. The van der Waals surface area contributed by atoms with Crippen molar-refractivity contribution in [2.75, 3.05) is 5.32 Å². The number of aryl methyl sites for hydroxylation is 3. The number of aromatic amines is 1. The molecule has 0 saturated carbocycles. The van der Waals surface area contributed by atoms with Gasteiger partial charge in [-0.2, -0.15) is 5.10 Å². The third-order valence-corrected chi connectivity index (χ3v) is 2.64. The first kappa shape index (κ1) is 10.7. The normalized spacial score (nSPS) is 10.4. The molecule has 0 amide bonds. The van der Waals surface area contributed by atoms with Crippen LogP contribution in [0, 0.1) is 20.8 Å². The van der Waals surface area contributed by atoms with Gasteiger partial charge in [0.05, 0.1) is 5.69 Å². The quantitative estimate of drug-likeness (QED) is 0.828. The van der Waals surface area contributed by atoms with E-state index in [9.17, 15) is 0 Å². The standard InChI is InChI=1S/C12H16N4/c1-8-4-5-12(13-6-8)14-7-11-9(2)15-16-10(11)3/h4-6H,7H2,1-3H3,(H,13,14)(H,15,16). The van der Waals surface area contributed by atoms with E-state index < -0.39 is 0 Å². The minimum absolute atomic E-state index is 0.754. The van der Waals surface area contributed by atoms with Crippen LogP contribution < -0.4 is 5.32 Å². The van der Waals surface area contributed by atoms with Gasteiger partial charge in [-0.05, 0) is 32.4 Å². The zero-order chi connectivity index (χ0) is 11.5. The van der Waals surface area contributed by atoms with Crippen LogP contribution in [0.4, 0.5) is 5.82 Å². The van der Waals surface area contributed by atoms with Gasteiger partial charge in [-0.15, -0.1) is 0 Å². The highest BCUT2D eigenvalue weighted by Crippen LogP contribution is 2.12. The van der Waals surface area contributed by atoms with Crippen LogP contribution >= 0.6 is 0 Å². The van der Waals surface area contributed by atoms with Crippen LogP contribution in [0.2, 0.25) is 0 Å². The lowest BCUT2D eigenvalue weighted by molar-refractivity contribution is 1.02. The van der Waals surface area contributed by atoms with E-state index in [1.165, 1.54) is 11.1 Å². The molecule has 4 nitrogen and oxygen atoms in total. The van der Waals surface area contributed by atoms with E-state index in [4.69, 9.17) is 0 Å². The summed E-state index contributed by atoms with van der Waals surface area (Å²) < 4.78 is 0. The summed E-state index contributed by atoms with van der Waals surface area (Å²) in [6.45, 7) is 6.81. The van der Waals surface area contributed by atoms with Crippen LogP contribution in [0.5, 0.6) is 0 Å². The summed E-state index contributed by atoms with van der Waals surface area (Å²) in [6, 6.07) is 4.03. The van der Waals surface area contributed by atoms with Gasteiger partial charge in [0.25, 0.3) is 0 Å². The molecule has 0 bridgehead atoms. The fourth-order valence-electron chi connectivity index (χ4n) is 1.59. The maximum Gasteiger partial charge on any atom is 0.126 e. The van der Waals surface area contributed by atoms with Gasteiger partial charge in [-0.25, -0.2) is 4.98 Å². The van der Waals surface area contributed by atoms with Crippen molar-refractivity contribution in [3.8, 4) is 0 Å². The summed E-state index contributed by atoms with van der Waals surface area (Å²) in [7, 11) is 0. The maximum absolute atomic E-state index is 4.30. The second-order valence-corrected chi connectivity index (χ2v) is 3.99. The van der Waals surface area contributed by atoms with Gasteiger partial charge in [0.15, 0.2) is 0 Å². The molecule has 84 valence electrons. The average Bonchev–Trinajstić information content (AvgIpc) is 2.59. The van der Waals surface area contributed by atoms with Crippen molar-refractivity contribution in [1.29, 1.82) is 0 Å². The SMILES string of the molecule is Cc1ccc(NCc2c(C)n[nH]c2C)nc1. The Morgan fingerprint density at radius 2 is 2.06 bits per heavy atom. The Balaban J connectivity index is 2.05. The molecule has 0 atom stereocenters. The number of aromatic nitrogens is 3. The van der Waals surface area contributed by atoms with Crippen molar-refractivity contribution in [2.45, 2.75) is 27.3 Å². The number of H-pyrrole nitrogens is 1. The van der Waals surface area contributed by atoms with Crippen molar-refractivity contribution >= 4 is 5.82 Å². The second-order valence-electron chi connectivity index (χ2n) is 3.99. The summed E-state index contributed by atoms with van der Waals surface area (Å²) in [5, 5.41) is 10.4. The summed E-state index contributed by atoms with van der Waals surface area (Å²) >= 11 is 0. The third-order valence-electron chi connectivity index (χ3n) is 2.64. The van der Waals surface area contributed by atoms with Gasteiger partial charge in [0.1, 0.15) is 5.82 Å². The van der Waals surface area contributed by atoms with E-state index >= 15 is 0 Å². The predicted molar refractivity (Wildman–Crippen MR) is 64.4 cm³/mol. The lowest BCUT2D eigenvalue weighted by atomic mass is 10.2. The first-order valence-electron chi connectivity index (χ1n) is 5.34. The molecule has 2 aromatic heterocycles. The minimum atomic E-state index is 0.754. The molecule has 0 unspecified atom stereocenters. The van der Waals surface area contributed by atoms with Crippen molar-refractivity contribution in [2.24, 2.45) is 0 Å². The number of pyridine rings is 1. The highest BCUT2D eigenvalue weighted by atomic mass is 15.1. The van der Waals surface area contributed by atoms with Crippen molar-refractivity contribution < 1.29 is 0 Å². The van der Waals surface area contributed by atoms with Crippen molar-refractivity contribution in [3.63, 3.8) is 0 Å². The molecule has 0 aromatic carbocycles. The van der Waals surface area contributed by atoms with E-state index in [-0.39, 0.29) is 0 Å². The summed E-state index contributed by atoms with van der Waals surface area (Å²) in [5.74, 6) is 0.894. The Morgan fingerprint density at radius 3 is 2.62 bits per heavy atom. The molecule has 2 aromatic rings. The third kappa shape index (κ3) is 2.21. The van der Waals surface area contributed by atoms with E-state index in [0.29, 0.717) is 0 Å². The zero-order valence-electron chi connectivity index (χ0n) is 9.83. The largest absolute Gasteiger partial charge is 0.366 e. The maximum atomic E-state index is 4.30. The summed E-state index contributed by atoms with van der Waals surface area (Å²) in [5.41, 5.74) is 4.53. The first-order chi connectivity index (χ1) is 7.66. The van der Waals surface area contributed by atoms with Gasteiger partial charge in [0.2, 0.25) is 0 Å². The van der Waals surface area contributed by atoms with Crippen LogP contribution in [-0.2, 0) is 6.54 Å². The average molecular weight is 216 g/mol. The van der Waals surface area contributed by atoms with Gasteiger partial charge in [-0.1, -0.05) is 6.07 Å². The summed E-state index contributed by atoms with van der Waals surface area (Å²) in [4.78, 5) is 4.30. The van der Waals surface area contributed by atoms with Crippen molar-refractivity contribution in [3.05, 3.63) is 40.8 Å². The minimum Gasteiger partial charge on any atom is -0.366 e. The fraction of sp³-hybridized carbons (Fsp3) is 0.333. The molecule has 0 aliphatic heterocycles. The predicted octanol–water partition coefficient (Wildman–Crippen LogP) is 2.34. The smallest absolute Gasteiger partial charge is 0.126 e. The van der Waals surface area contributed by atoms with Crippen LogP contribution in [0.3, 0.4) is 0 Å². The molecule has 4 heteroatoms. The van der Waals surface area contributed by atoms with Crippen molar-refractivity contribution in [1.82, 2.24) is 15.2 Å².